The van der Waals surface area contributed by atoms with Gasteiger partial charge in [0.25, 0.3) is 0 Å². The molecular weight excluding hydrogens is 255 g/mol. The maximum Gasteiger partial charge on any atom is 0.137 e. The topological polar surface area (TPSA) is 49.7 Å². The summed E-state index contributed by atoms with van der Waals surface area (Å²) in [6.07, 6.45) is -0.918. The van der Waals surface area contributed by atoms with E-state index in [4.69, 9.17) is 14.9 Å². The Balaban J connectivity index is 2.55. The molecule has 0 bridgehead atoms. The largest absolute Gasteiger partial charge is 0.491 e. The summed E-state index contributed by atoms with van der Waals surface area (Å²) < 4.78 is 18.2. The number of hydrogen-bond donors (Lipinski definition) is 2. The Morgan fingerprint density at radius 3 is 2.79 bits per heavy atom. The number of ether oxygens (including phenoxy) is 1. The minimum absolute atomic E-state index is 0.0193. The Labute approximate surface area is 89.3 Å². The third kappa shape index (κ3) is 3.25. The van der Waals surface area contributed by atoms with E-state index >= 15 is 0 Å². The van der Waals surface area contributed by atoms with E-state index in [0.29, 0.717) is 10.2 Å². The zero-order chi connectivity index (χ0) is 10.6. The standard InChI is InChI=1S/C9H10BrFO3/c10-8-3-7(1-2-9(8)11)14-5-6(13)4-12/h1-3,6,12-13H,4-5H2. The van der Waals surface area contributed by atoms with Crippen molar-refractivity contribution in [2.24, 2.45) is 0 Å². The number of rotatable bonds is 4. The average Bonchev–Trinajstić information content (AvgIpc) is 2.19. The number of benzene rings is 1. The highest BCUT2D eigenvalue weighted by Crippen LogP contribution is 2.21. The number of halogens is 2. The summed E-state index contributed by atoms with van der Waals surface area (Å²) in [5, 5.41) is 17.5. The van der Waals surface area contributed by atoms with Gasteiger partial charge in [-0.15, -0.1) is 0 Å². The minimum Gasteiger partial charge on any atom is -0.491 e. The smallest absolute Gasteiger partial charge is 0.137 e. The van der Waals surface area contributed by atoms with Crippen LogP contribution in [0.2, 0.25) is 0 Å². The lowest BCUT2D eigenvalue weighted by Crippen LogP contribution is -2.21. The van der Waals surface area contributed by atoms with E-state index in [1.54, 1.807) is 0 Å². The van der Waals surface area contributed by atoms with Crippen LogP contribution in [0.4, 0.5) is 4.39 Å². The van der Waals surface area contributed by atoms with E-state index < -0.39 is 6.10 Å². The second kappa shape index (κ2) is 5.29. The molecule has 1 aromatic carbocycles. The fourth-order valence-corrected chi connectivity index (χ4v) is 1.17. The van der Waals surface area contributed by atoms with Crippen LogP contribution in [-0.4, -0.2) is 29.5 Å². The van der Waals surface area contributed by atoms with Crippen molar-refractivity contribution in [3.8, 4) is 5.75 Å². The highest BCUT2D eigenvalue weighted by atomic mass is 79.9. The molecule has 1 unspecified atom stereocenters. The summed E-state index contributed by atoms with van der Waals surface area (Å²) in [5.41, 5.74) is 0. The van der Waals surface area contributed by atoms with Crippen LogP contribution in [0.1, 0.15) is 0 Å². The normalized spacial score (nSPS) is 12.6. The first-order valence-electron chi connectivity index (χ1n) is 4.00. The summed E-state index contributed by atoms with van der Waals surface area (Å²) >= 11 is 3.00. The van der Waals surface area contributed by atoms with Gasteiger partial charge in [0, 0.05) is 0 Å². The van der Waals surface area contributed by atoms with Crippen molar-refractivity contribution in [2.45, 2.75) is 6.10 Å². The van der Waals surface area contributed by atoms with Crippen LogP contribution in [0.15, 0.2) is 22.7 Å². The first kappa shape index (κ1) is 11.4. The summed E-state index contributed by atoms with van der Waals surface area (Å²) in [6.45, 7) is -0.378. The Bertz CT molecular complexity index is 306. The summed E-state index contributed by atoms with van der Waals surface area (Å²) in [7, 11) is 0. The molecule has 14 heavy (non-hydrogen) atoms. The molecule has 0 aromatic heterocycles. The third-order valence-electron chi connectivity index (χ3n) is 1.54. The van der Waals surface area contributed by atoms with Gasteiger partial charge in [0.15, 0.2) is 0 Å². The van der Waals surface area contributed by atoms with E-state index in [1.165, 1.54) is 18.2 Å². The van der Waals surface area contributed by atoms with Crippen LogP contribution in [0, 0.1) is 5.82 Å². The highest BCUT2D eigenvalue weighted by Gasteiger charge is 2.04. The van der Waals surface area contributed by atoms with Gasteiger partial charge in [0.05, 0.1) is 11.1 Å². The molecule has 1 rings (SSSR count). The fraction of sp³-hybridized carbons (Fsp3) is 0.333. The molecule has 0 spiro atoms. The maximum absolute atomic E-state index is 12.8. The van der Waals surface area contributed by atoms with Crippen LogP contribution in [0.3, 0.4) is 0 Å². The molecule has 0 saturated heterocycles. The Hall–Kier alpha value is -0.650. The number of hydrogen-bond acceptors (Lipinski definition) is 3. The summed E-state index contributed by atoms with van der Waals surface area (Å²) in [5.74, 6) is 0.0610. The molecule has 0 amide bonds. The molecule has 0 heterocycles. The molecule has 0 aliphatic heterocycles. The van der Waals surface area contributed by atoms with Crippen molar-refractivity contribution in [3.63, 3.8) is 0 Å². The lowest BCUT2D eigenvalue weighted by atomic mass is 10.3. The van der Waals surface area contributed by atoms with Gasteiger partial charge in [-0.05, 0) is 34.1 Å². The van der Waals surface area contributed by atoms with Crippen molar-refractivity contribution in [1.29, 1.82) is 0 Å². The van der Waals surface area contributed by atoms with Crippen LogP contribution in [0.5, 0.6) is 5.75 Å². The van der Waals surface area contributed by atoms with Crippen molar-refractivity contribution in [3.05, 3.63) is 28.5 Å². The van der Waals surface area contributed by atoms with E-state index in [1.807, 2.05) is 0 Å². The van der Waals surface area contributed by atoms with Gasteiger partial charge < -0.3 is 14.9 Å². The van der Waals surface area contributed by atoms with Crippen LogP contribution < -0.4 is 4.74 Å². The maximum atomic E-state index is 12.8. The fourth-order valence-electron chi connectivity index (χ4n) is 0.812. The lowest BCUT2D eigenvalue weighted by Gasteiger charge is -2.09. The van der Waals surface area contributed by atoms with E-state index in [-0.39, 0.29) is 19.0 Å². The third-order valence-corrected chi connectivity index (χ3v) is 2.15. The Morgan fingerprint density at radius 1 is 1.50 bits per heavy atom. The monoisotopic (exact) mass is 264 g/mol. The zero-order valence-electron chi connectivity index (χ0n) is 7.28. The van der Waals surface area contributed by atoms with Crippen molar-refractivity contribution >= 4 is 15.9 Å². The van der Waals surface area contributed by atoms with Gasteiger partial charge >= 0.3 is 0 Å². The molecule has 5 heteroatoms. The first-order chi connectivity index (χ1) is 6.63. The van der Waals surface area contributed by atoms with Gasteiger partial charge in [0.2, 0.25) is 0 Å². The molecule has 2 N–H and O–H groups in total. The molecule has 1 atom stereocenters. The SMILES string of the molecule is OCC(O)COc1ccc(F)c(Br)c1. The molecule has 3 nitrogen and oxygen atoms in total. The van der Waals surface area contributed by atoms with Gasteiger partial charge in [-0.1, -0.05) is 0 Å². The number of aliphatic hydroxyl groups excluding tert-OH is 2. The predicted octanol–water partition coefficient (Wildman–Crippen LogP) is 1.32. The lowest BCUT2D eigenvalue weighted by molar-refractivity contribution is 0.0535. The minimum atomic E-state index is -0.918. The molecule has 0 aliphatic rings. The summed E-state index contributed by atoms with van der Waals surface area (Å²) in [4.78, 5) is 0. The Morgan fingerprint density at radius 2 is 2.21 bits per heavy atom. The number of aliphatic hydroxyl groups is 2. The van der Waals surface area contributed by atoms with Gasteiger partial charge in [-0.3, -0.25) is 0 Å². The molecule has 0 saturated carbocycles. The van der Waals surface area contributed by atoms with E-state index in [9.17, 15) is 4.39 Å². The Kier molecular flexibility index (Phi) is 4.31. The van der Waals surface area contributed by atoms with Crippen molar-refractivity contribution < 1.29 is 19.3 Å². The van der Waals surface area contributed by atoms with Gasteiger partial charge in [0.1, 0.15) is 24.3 Å². The van der Waals surface area contributed by atoms with Gasteiger partial charge in [-0.2, -0.15) is 0 Å². The molecule has 1 aromatic rings. The van der Waals surface area contributed by atoms with Gasteiger partial charge in [-0.25, -0.2) is 4.39 Å². The van der Waals surface area contributed by atoms with Crippen LogP contribution >= 0.6 is 15.9 Å². The highest BCUT2D eigenvalue weighted by molar-refractivity contribution is 9.10. The van der Waals surface area contributed by atoms with E-state index in [0.717, 1.165) is 0 Å². The molecule has 0 radical (unpaired) electrons. The molecule has 0 fully saturated rings. The second-order valence-corrected chi connectivity index (χ2v) is 3.58. The van der Waals surface area contributed by atoms with Crippen LogP contribution in [-0.2, 0) is 0 Å². The molecule has 78 valence electrons. The quantitative estimate of drug-likeness (QED) is 0.863. The van der Waals surface area contributed by atoms with Crippen molar-refractivity contribution in [2.75, 3.05) is 13.2 Å². The van der Waals surface area contributed by atoms with Crippen molar-refractivity contribution in [1.82, 2.24) is 0 Å². The average molecular weight is 265 g/mol. The molecular formula is C9H10BrFO3. The molecule has 0 aliphatic carbocycles. The summed E-state index contributed by atoms with van der Waals surface area (Å²) in [6, 6.07) is 4.16. The second-order valence-electron chi connectivity index (χ2n) is 2.72. The predicted molar refractivity (Wildman–Crippen MR) is 52.7 cm³/mol. The van der Waals surface area contributed by atoms with Crippen LogP contribution in [0.25, 0.3) is 0 Å². The van der Waals surface area contributed by atoms with E-state index in [2.05, 4.69) is 15.9 Å². The first-order valence-corrected chi connectivity index (χ1v) is 4.79. The zero-order valence-corrected chi connectivity index (χ0v) is 8.87.